The molecule has 0 fully saturated rings. The van der Waals surface area contributed by atoms with Crippen molar-refractivity contribution in [2.75, 3.05) is 13.7 Å². The van der Waals surface area contributed by atoms with Crippen LogP contribution in [-0.4, -0.2) is 25.7 Å². The Labute approximate surface area is 163 Å². The lowest BCUT2D eigenvalue weighted by molar-refractivity contribution is -0.136. The van der Waals surface area contributed by atoms with Crippen molar-refractivity contribution in [1.82, 2.24) is 0 Å². The SMILES string of the molecule is COC(=O)c1cc(Br)ccc1OC(=O)COc1ccc(Br)cc1Br. The zero-order valence-electron chi connectivity index (χ0n) is 12.3. The summed E-state index contributed by atoms with van der Waals surface area (Å²) in [4.78, 5) is 23.7. The van der Waals surface area contributed by atoms with E-state index in [4.69, 9.17) is 9.47 Å². The number of halogens is 3. The first kappa shape index (κ1) is 19.0. The van der Waals surface area contributed by atoms with E-state index in [2.05, 4.69) is 52.5 Å². The van der Waals surface area contributed by atoms with E-state index in [9.17, 15) is 9.59 Å². The van der Waals surface area contributed by atoms with Gasteiger partial charge in [0.15, 0.2) is 6.61 Å². The fraction of sp³-hybridized carbons (Fsp3) is 0.125. The molecule has 0 saturated carbocycles. The molecule has 0 aromatic heterocycles. The molecule has 2 rings (SSSR count). The Kier molecular flexibility index (Phi) is 6.82. The number of hydrogen-bond acceptors (Lipinski definition) is 5. The van der Waals surface area contributed by atoms with Gasteiger partial charge in [-0.15, -0.1) is 0 Å². The maximum atomic E-state index is 12.0. The minimum atomic E-state index is -0.641. The molecule has 2 aromatic carbocycles. The molecule has 0 amide bonds. The molecule has 0 spiro atoms. The molecule has 0 aliphatic carbocycles. The molecule has 24 heavy (non-hydrogen) atoms. The molecule has 0 aliphatic heterocycles. The van der Waals surface area contributed by atoms with Gasteiger partial charge in [0.1, 0.15) is 17.1 Å². The van der Waals surface area contributed by atoms with E-state index in [1.165, 1.54) is 19.2 Å². The van der Waals surface area contributed by atoms with E-state index in [1.807, 2.05) is 0 Å². The van der Waals surface area contributed by atoms with Crippen LogP contribution in [-0.2, 0) is 9.53 Å². The van der Waals surface area contributed by atoms with Gasteiger partial charge in [-0.05, 0) is 52.3 Å². The van der Waals surface area contributed by atoms with Crippen molar-refractivity contribution in [3.63, 3.8) is 0 Å². The van der Waals surface area contributed by atoms with Gasteiger partial charge in [-0.1, -0.05) is 31.9 Å². The maximum absolute atomic E-state index is 12.0. The van der Waals surface area contributed by atoms with E-state index in [0.717, 1.165) is 4.47 Å². The van der Waals surface area contributed by atoms with Gasteiger partial charge in [0.2, 0.25) is 0 Å². The summed E-state index contributed by atoms with van der Waals surface area (Å²) in [6.07, 6.45) is 0. The average molecular weight is 523 g/mol. The Balaban J connectivity index is 2.06. The first-order valence-electron chi connectivity index (χ1n) is 6.57. The second-order valence-corrected chi connectivity index (χ2v) is 7.16. The van der Waals surface area contributed by atoms with Crippen molar-refractivity contribution in [3.8, 4) is 11.5 Å². The number of hydrogen-bond donors (Lipinski definition) is 0. The number of ether oxygens (including phenoxy) is 3. The molecule has 126 valence electrons. The van der Waals surface area contributed by atoms with Gasteiger partial charge in [-0.2, -0.15) is 0 Å². The summed E-state index contributed by atoms with van der Waals surface area (Å²) in [7, 11) is 1.25. The van der Waals surface area contributed by atoms with Gasteiger partial charge in [-0.3, -0.25) is 0 Å². The topological polar surface area (TPSA) is 61.8 Å². The molecule has 0 saturated heterocycles. The molecule has 0 radical (unpaired) electrons. The third-order valence-corrected chi connectivity index (χ3v) is 4.42. The number of rotatable bonds is 5. The summed E-state index contributed by atoms with van der Waals surface area (Å²) in [5, 5.41) is 0. The van der Waals surface area contributed by atoms with Crippen LogP contribution in [0.15, 0.2) is 49.8 Å². The predicted octanol–water partition coefficient (Wildman–Crippen LogP) is 4.75. The highest BCUT2D eigenvalue weighted by Gasteiger charge is 2.17. The minimum Gasteiger partial charge on any atom is -0.481 e. The summed E-state index contributed by atoms with van der Waals surface area (Å²) in [6.45, 7) is -0.309. The highest BCUT2D eigenvalue weighted by molar-refractivity contribution is 9.11. The number of esters is 2. The number of carbonyl (C=O) groups is 2. The molecule has 5 nitrogen and oxygen atoms in total. The monoisotopic (exact) mass is 520 g/mol. The first-order chi connectivity index (χ1) is 11.4. The predicted molar refractivity (Wildman–Crippen MR) is 98.5 cm³/mol. The maximum Gasteiger partial charge on any atom is 0.349 e. The minimum absolute atomic E-state index is 0.105. The van der Waals surface area contributed by atoms with Gasteiger partial charge < -0.3 is 14.2 Å². The van der Waals surface area contributed by atoms with Gasteiger partial charge in [0.05, 0.1) is 11.6 Å². The van der Waals surface area contributed by atoms with Crippen LogP contribution in [0.2, 0.25) is 0 Å². The largest absolute Gasteiger partial charge is 0.481 e. The summed E-state index contributed by atoms with van der Waals surface area (Å²) in [5.74, 6) is -0.638. The van der Waals surface area contributed by atoms with Gasteiger partial charge in [-0.25, -0.2) is 9.59 Å². The second kappa shape index (κ2) is 8.64. The summed E-state index contributed by atoms with van der Waals surface area (Å²) < 4.78 is 17.5. The zero-order chi connectivity index (χ0) is 17.7. The highest BCUT2D eigenvalue weighted by atomic mass is 79.9. The van der Waals surface area contributed by atoms with E-state index in [-0.39, 0.29) is 17.9 Å². The number of benzene rings is 2. The quantitative estimate of drug-likeness (QED) is 0.419. The van der Waals surface area contributed by atoms with E-state index < -0.39 is 11.9 Å². The standard InChI is InChI=1S/C16H11Br3O5/c1-22-16(21)11-6-9(17)2-4-13(11)24-15(20)8-23-14-5-3-10(18)7-12(14)19/h2-7H,8H2,1H3. The molecule has 0 unspecified atom stereocenters. The Hall–Kier alpha value is -1.38. The van der Waals surface area contributed by atoms with Crippen LogP contribution in [0.3, 0.4) is 0 Å². The summed E-state index contributed by atoms with van der Waals surface area (Å²) in [6, 6.07) is 9.97. The summed E-state index contributed by atoms with van der Waals surface area (Å²) in [5.41, 5.74) is 0.144. The molecular formula is C16H11Br3O5. The van der Waals surface area contributed by atoms with Crippen molar-refractivity contribution in [2.24, 2.45) is 0 Å². The first-order valence-corrected chi connectivity index (χ1v) is 8.95. The van der Waals surface area contributed by atoms with Crippen LogP contribution in [0.1, 0.15) is 10.4 Å². The molecule has 0 aliphatic rings. The lowest BCUT2D eigenvalue weighted by Gasteiger charge is -2.11. The fourth-order valence-electron chi connectivity index (χ4n) is 1.74. The molecule has 8 heteroatoms. The van der Waals surface area contributed by atoms with Gasteiger partial charge >= 0.3 is 11.9 Å². The van der Waals surface area contributed by atoms with Gasteiger partial charge in [0.25, 0.3) is 0 Å². The molecule has 0 atom stereocenters. The van der Waals surface area contributed by atoms with E-state index >= 15 is 0 Å². The Bertz CT molecular complexity index is 776. The smallest absolute Gasteiger partial charge is 0.349 e. The van der Waals surface area contributed by atoms with Crippen LogP contribution in [0.5, 0.6) is 11.5 Å². The molecule has 0 bridgehead atoms. The molecular weight excluding hydrogens is 512 g/mol. The average Bonchev–Trinajstić information content (AvgIpc) is 2.55. The lowest BCUT2D eigenvalue weighted by Crippen LogP contribution is -2.19. The Morgan fingerprint density at radius 3 is 2.21 bits per heavy atom. The van der Waals surface area contributed by atoms with Crippen molar-refractivity contribution in [3.05, 3.63) is 55.4 Å². The number of methoxy groups -OCH3 is 1. The summed E-state index contributed by atoms with van der Waals surface area (Å²) >= 11 is 9.92. The highest BCUT2D eigenvalue weighted by Crippen LogP contribution is 2.28. The van der Waals surface area contributed by atoms with Crippen LogP contribution < -0.4 is 9.47 Å². The van der Waals surface area contributed by atoms with E-state index in [1.54, 1.807) is 24.3 Å². The molecule has 2 aromatic rings. The van der Waals surface area contributed by atoms with Crippen molar-refractivity contribution in [1.29, 1.82) is 0 Å². The van der Waals surface area contributed by atoms with Crippen molar-refractivity contribution in [2.45, 2.75) is 0 Å². The van der Waals surface area contributed by atoms with Crippen LogP contribution >= 0.6 is 47.8 Å². The second-order valence-electron chi connectivity index (χ2n) is 4.47. The van der Waals surface area contributed by atoms with Crippen LogP contribution in [0, 0.1) is 0 Å². The van der Waals surface area contributed by atoms with Crippen molar-refractivity contribution < 1.29 is 23.8 Å². The van der Waals surface area contributed by atoms with Crippen molar-refractivity contribution >= 4 is 59.7 Å². The lowest BCUT2D eigenvalue weighted by atomic mass is 10.2. The normalized spacial score (nSPS) is 10.2. The molecule has 0 N–H and O–H groups in total. The fourth-order valence-corrected chi connectivity index (χ4v) is 3.26. The third-order valence-electron chi connectivity index (χ3n) is 2.81. The zero-order valence-corrected chi connectivity index (χ0v) is 17.1. The van der Waals surface area contributed by atoms with Crippen LogP contribution in [0.4, 0.5) is 0 Å². The Morgan fingerprint density at radius 2 is 1.58 bits per heavy atom. The van der Waals surface area contributed by atoms with Gasteiger partial charge in [0, 0.05) is 8.95 Å². The Morgan fingerprint density at radius 1 is 0.958 bits per heavy atom. The molecule has 0 heterocycles. The number of carbonyl (C=O) groups excluding carboxylic acids is 2. The van der Waals surface area contributed by atoms with E-state index in [0.29, 0.717) is 14.7 Å². The third kappa shape index (κ3) is 5.06. The van der Waals surface area contributed by atoms with Crippen LogP contribution in [0.25, 0.3) is 0 Å².